The van der Waals surface area contributed by atoms with Gasteiger partial charge in [-0.3, -0.25) is 0 Å². The number of hydrogen-bond donors (Lipinski definition) is 2. The van der Waals surface area contributed by atoms with E-state index in [4.69, 9.17) is 11.6 Å². The predicted molar refractivity (Wildman–Crippen MR) is 46.4 cm³/mol. The maximum Gasteiger partial charge on any atom is 0.416 e. The highest BCUT2D eigenvalue weighted by atomic mass is 19.4. The minimum absolute atomic E-state index is 0.00118. The van der Waals surface area contributed by atoms with Crippen molar-refractivity contribution in [3.05, 3.63) is 35.4 Å². The Bertz CT molecular complexity index is 340. The monoisotopic (exact) mass is 203 g/mol. The Morgan fingerprint density at radius 2 is 1.64 bits per heavy atom. The summed E-state index contributed by atoms with van der Waals surface area (Å²) in [5.41, 5.74) is 4.93. The lowest BCUT2D eigenvalue weighted by atomic mass is 10.1. The SMILES string of the molecule is N/N=C(/N)c1ccc(C(F)(F)F)cc1. The molecule has 1 aromatic rings. The Morgan fingerprint density at radius 3 is 2.00 bits per heavy atom. The summed E-state index contributed by atoms with van der Waals surface area (Å²) in [5.74, 6) is 4.87. The Balaban J connectivity index is 3.01. The molecule has 76 valence electrons. The van der Waals surface area contributed by atoms with Crippen molar-refractivity contribution in [3.8, 4) is 0 Å². The number of rotatable bonds is 1. The molecule has 0 heterocycles. The van der Waals surface area contributed by atoms with Gasteiger partial charge in [0, 0.05) is 5.56 Å². The molecule has 1 rings (SSSR count). The van der Waals surface area contributed by atoms with Crippen molar-refractivity contribution in [1.29, 1.82) is 0 Å². The molecule has 0 fully saturated rings. The molecule has 0 radical (unpaired) electrons. The second-order valence-electron chi connectivity index (χ2n) is 2.59. The van der Waals surface area contributed by atoms with Gasteiger partial charge in [-0.2, -0.15) is 18.3 Å². The molecular weight excluding hydrogens is 195 g/mol. The van der Waals surface area contributed by atoms with E-state index in [9.17, 15) is 13.2 Å². The lowest BCUT2D eigenvalue weighted by Gasteiger charge is -2.06. The lowest BCUT2D eigenvalue weighted by Crippen LogP contribution is -2.15. The predicted octanol–water partition coefficient (Wildman–Crippen LogP) is 1.28. The molecule has 1 aromatic carbocycles. The van der Waals surface area contributed by atoms with Crippen LogP contribution < -0.4 is 11.6 Å². The van der Waals surface area contributed by atoms with E-state index in [1.807, 2.05) is 0 Å². The summed E-state index contributed by atoms with van der Waals surface area (Å²) in [7, 11) is 0. The zero-order valence-electron chi connectivity index (χ0n) is 7.05. The number of amidine groups is 1. The number of hydrazone groups is 1. The third-order valence-electron chi connectivity index (χ3n) is 1.65. The summed E-state index contributed by atoms with van der Waals surface area (Å²) in [4.78, 5) is 0. The molecule has 4 N–H and O–H groups in total. The van der Waals surface area contributed by atoms with Crippen LogP contribution in [0.3, 0.4) is 0 Å². The van der Waals surface area contributed by atoms with Crippen molar-refractivity contribution in [3.63, 3.8) is 0 Å². The number of halogens is 3. The van der Waals surface area contributed by atoms with Gasteiger partial charge in [0.25, 0.3) is 0 Å². The number of hydrogen-bond acceptors (Lipinski definition) is 2. The van der Waals surface area contributed by atoms with Crippen LogP contribution in [0.25, 0.3) is 0 Å². The molecule has 0 aliphatic heterocycles. The second-order valence-corrected chi connectivity index (χ2v) is 2.59. The first-order chi connectivity index (χ1) is 6.45. The molecule has 6 heteroatoms. The van der Waals surface area contributed by atoms with Crippen LogP contribution in [0.5, 0.6) is 0 Å². The fourth-order valence-electron chi connectivity index (χ4n) is 0.905. The van der Waals surface area contributed by atoms with E-state index in [0.29, 0.717) is 5.56 Å². The van der Waals surface area contributed by atoms with Gasteiger partial charge >= 0.3 is 6.18 Å². The average Bonchev–Trinajstić information content (AvgIpc) is 2.15. The van der Waals surface area contributed by atoms with E-state index in [-0.39, 0.29) is 5.84 Å². The topological polar surface area (TPSA) is 64.4 Å². The van der Waals surface area contributed by atoms with Gasteiger partial charge in [-0.05, 0) is 12.1 Å². The maximum absolute atomic E-state index is 12.1. The van der Waals surface area contributed by atoms with Crippen molar-refractivity contribution in [1.82, 2.24) is 0 Å². The van der Waals surface area contributed by atoms with Crippen LogP contribution in [0.15, 0.2) is 29.4 Å². The molecule has 0 aliphatic carbocycles. The maximum atomic E-state index is 12.1. The molecule has 0 atom stereocenters. The first-order valence-electron chi connectivity index (χ1n) is 3.66. The molecular formula is C8H8F3N3. The fraction of sp³-hybridized carbons (Fsp3) is 0.125. The molecule has 0 amide bonds. The van der Waals surface area contributed by atoms with E-state index < -0.39 is 11.7 Å². The van der Waals surface area contributed by atoms with Gasteiger partial charge in [0.05, 0.1) is 5.56 Å². The summed E-state index contributed by atoms with van der Waals surface area (Å²) in [6, 6.07) is 4.28. The standard InChI is InChI=1S/C8H8F3N3/c9-8(10,11)6-3-1-5(2-4-6)7(12)14-13/h1-4H,13H2,(H2,12,14). The van der Waals surface area contributed by atoms with Gasteiger partial charge in [-0.1, -0.05) is 12.1 Å². The Labute approximate surface area is 78.2 Å². The van der Waals surface area contributed by atoms with Crippen molar-refractivity contribution < 1.29 is 13.2 Å². The Morgan fingerprint density at radius 1 is 1.14 bits per heavy atom. The van der Waals surface area contributed by atoms with Crippen molar-refractivity contribution in [2.24, 2.45) is 16.7 Å². The summed E-state index contributed by atoms with van der Waals surface area (Å²) in [5, 5.41) is 3.16. The first-order valence-corrected chi connectivity index (χ1v) is 3.66. The molecule has 3 nitrogen and oxygen atoms in total. The zero-order valence-corrected chi connectivity index (χ0v) is 7.05. The van der Waals surface area contributed by atoms with Gasteiger partial charge in [-0.25, -0.2) is 0 Å². The van der Waals surface area contributed by atoms with Crippen LogP contribution in [-0.2, 0) is 6.18 Å². The highest BCUT2D eigenvalue weighted by molar-refractivity contribution is 5.97. The number of benzene rings is 1. The minimum atomic E-state index is -4.34. The van der Waals surface area contributed by atoms with Crippen LogP contribution in [0, 0.1) is 0 Å². The van der Waals surface area contributed by atoms with Crippen molar-refractivity contribution in [2.45, 2.75) is 6.18 Å². The zero-order chi connectivity index (χ0) is 10.8. The average molecular weight is 203 g/mol. The van der Waals surface area contributed by atoms with E-state index in [0.717, 1.165) is 12.1 Å². The molecule has 14 heavy (non-hydrogen) atoms. The largest absolute Gasteiger partial charge is 0.416 e. The first kappa shape index (κ1) is 10.4. The minimum Gasteiger partial charge on any atom is -0.382 e. The van der Waals surface area contributed by atoms with Gasteiger partial charge < -0.3 is 11.6 Å². The normalized spacial score (nSPS) is 12.9. The lowest BCUT2D eigenvalue weighted by molar-refractivity contribution is -0.137. The molecule has 0 aliphatic rings. The number of nitrogens with two attached hydrogens (primary N) is 2. The molecule has 0 bridgehead atoms. The van der Waals surface area contributed by atoms with Crippen LogP contribution in [0.4, 0.5) is 13.2 Å². The summed E-state index contributed by atoms with van der Waals surface area (Å²) < 4.78 is 36.3. The molecule has 0 saturated carbocycles. The van der Waals surface area contributed by atoms with E-state index in [1.54, 1.807) is 0 Å². The quantitative estimate of drug-likeness (QED) is 0.312. The Kier molecular flexibility index (Phi) is 2.64. The van der Waals surface area contributed by atoms with Crippen LogP contribution in [0.2, 0.25) is 0 Å². The van der Waals surface area contributed by atoms with E-state index >= 15 is 0 Å². The fourth-order valence-corrected chi connectivity index (χ4v) is 0.905. The third-order valence-corrected chi connectivity index (χ3v) is 1.65. The van der Waals surface area contributed by atoms with E-state index in [2.05, 4.69) is 5.10 Å². The number of alkyl halides is 3. The van der Waals surface area contributed by atoms with Gasteiger partial charge in [-0.15, -0.1) is 0 Å². The van der Waals surface area contributed by atoms with Gasteiger partial charge in [0.15, 0.2) is 0 Å². The van der Waals surface area contributed by atoms with Gasteiger partial charge in [0.1, 0.15) is 5.84 Å². The van der Waals surface area contributed by atoms with Crippen LogP contribution >= 0.6 is 0 Å². The summed E-state index contributed by atoms with van der Waals surface area (Å²) in [6.45, 7) is 0. The highest BCUT2D eigenvalue weighted by Gasteiger charge is 2.29. The summed E-state index contributed by atoms with van der Waals surface area (Å²) >= 11 is 0. The van der Waals surface area contributed by atoms with Crippen LogP contribution in [-0.4, -0.2) is 5.84 Å². The molecule has 0 aromatic heterocycles. The Hall–Kier alpha value is -1.72. The van der Waals surface area contributed by atoms with Crippen LogP contribution in [0.1, 0.15) is 11.1 Å². The second kappa shape index (κ2) is 3.57. The number of nitrogens with zero attached hydrogens (tertiary/aromatic N) is 1. The van der Waals surface area contributed by atoms with Crippen molar-refractivity contribution in [2.75, 3.05) is 0 Å². The summed E-state index contributed by atoms with van der Waals surface area (Å²) in [6.07, 6.45) is -4.34. The molecule has 0 spiro atoms. The molecule has 0 saturated heterocycles. The highest BCUT2D eigenvalue weighted by Crippen LogP contribution is 2.28. The smallest absolute Gasteiger partial charge is 0.382 e. The third kappa shape index (κ3) is 2.15. The van der Waals surface area contributed by atoms with Crippen molar-refractivity contribution >= 4 is 5.84 Å². The molecule has 0 unspecified atom stereocenters. The van der Waals surface area contributed by atoms with E-state index in [1.165, 1.54) is 12.1 Å². The van der Waals surface area contributed by atoms with Gasteiger partial charge in [0.2, 0.25) is 0 Å².